The zero-order chi connectivity index (χ0) is 12.8. The van der Waals surface area contributed by atoms with Crippen molar-refractivity contribution in [3.05, 3.63) is 29.8 Å². The largest absolute Gasteiger partial charge is 0.481 e. The van der Waals surface area contributed by atoms with E-state index in [9.17, 15) is 14.4 Å². The van der Waals surface area contributed by atoms with Gasteiger partial charge in [0.15, 0.2) is 5.78 Å². The molecular formula is C12H11NO4. The van der Waals surface area contributed by atoms with Crippen LogP contribution in [0, 0.1) is 5.92 Å². The number of hydrogen-bond acceptors (Lipinski definition) is 4. The highest BCUT2D eigenvalue weighted by Crippen LogP contribution is 2.16. The van der Waals surface area contributed by atoms with Gasteiger partial charge in [0.25, 0.3) is 0 Å². The molecule has 0 bridgehead atoms. The minimum atomic E-state index is -1.01. The number of carboxylic acid groups (broad SMARTS) is 1. The molecule has 1 aromatic rings. The Balaban J connectivity index is 2.82. The van der Waals surface area contributed by atoms with E-state index in [2.05, 4.69) is 4.99 Å². The molecule has 0 aliphatic rings. The van der Waals surface area contributed by atoms with Crippen LogP contribution < -0.4 is 0 Å². The van der Waals surface area contributed by atoms with Gasteiger partial charge in [-0.3, -0.25) is 9.59 Å². The van der Waals surface area contributed by atoms with Crippen LogP contribution in [0.5, 0.6) is 0 Å². The molecule has 0 aliphatic heterocycles. The van der Waals surface area contributed by atoms with Crippen LogP contribution in [0.1, 0.15) is 23.7 Å². The van der Waals surface area contributed by atoms with Crippen LogP contribution in [0.2, 0.25) is 0 Å². The number of ketones is 1. The number of carbonyl (C=O) groups is 2. The number of isocyanates is 1. The Kier molecular flexibility index (Phi) is 4.31. The van der Waals surface area contributed by atoms with E-state index in [1.54, 1.807) is 6.92 Å². The molecule has 0 saturated carbocycles. The highest BCUT2D eigenvalue weighted by Gasteiger charge is 2.17. The smallest absolute Gasteiger partial charge is 0.304 e. The first-order valence-electron chi connectivity index (χ1n) is 4.98. The van der Waals surface area contributed by atoms with Crippen LogP contribution in [0.25, 0.3) is 0 Å². The van der Waals surface area contributed by atoms with E-state index < -0.39 is 11.9 Å². The quantitative estimate of drug-likeness (QED) is 0.478. The molecule has 0 heterocycles. The number of carbonyl (C=O) groups excluding carboxylic acids is 2. The number of hydrogen-bond donors (Lipinski definition) is 1. The summed E-state index contributed by atoms with van der Waals surface area (Å²) in [6, 6.07) is 6.03. The lowest BCUT2D eigenvalue weighted by molar-refractivity contribution is -0.137. The third kappa shape index (κ3) is 3.66. The van der Waals surface area contributed by atoms with Gasteiger partial charge >= 0.3 is 5.97 Å². The summed E-state index contributed by atoms with van der Waals surface area (Å²) in [5, 5.41) is 8.58. The van der Waals surface area contributed by atoms with E-state index >= 15 is 0 Å². The van der Waals surface area contributed by atoms with Gasteiger partial charge in [-0.25, -0.2) is 4.79 Å². The van der Waals surface area contributed by atoms with Gasteiger partial charge in [-0.1, -0.05) is 6.92 Å². The molecule has 88 valence electrons. The highest BCUT2D eigenvalue weighted by molar-refractivity contribution is 5.99. The fraction of sp³-hybridized carbons (Fsp3) is 0.250. The highest BCUT2D eigenvalue weighted by atomic mass is 16.4. The Labute approximate surface area is 97.8 Å². The van der Waals surface area contributed by atoms with E-state index in [1.165, 1.54) is 30.3 Å². The minimum absolute atomic E-state index is 0.201. The molecule has 0 spiro atoms. The second-order valence-corrected chi connectivity index (χ2v) is 3.61. The fourth-order valence-electron chi connectivity index (χ4n) is 1.39. The molecule has 1 N–H and O–H groups in total. The number of aliphatic carboxylic acids is 1. The average Bonchev–Trinajstić information content (AvgIpc) is 2.28. The van der Waals surface area contributed by atoms with Crippen LogP contribution in [-0.4, -0.2) is 22.9 Å². The maximum atomic E-state index is 11.8. The first-order valence-corrected chi connectivity index (χ1v) is 4.98. The van der Waals surface area contributed by atoms with Gasteiger partial charge in [0.1, 0.15) is 0 Å². The van der Waals surface area contributed by atoms with Gasteiger partial charge in [-0.15, -0.1) is 0 Å². The molecule has 1 rings (SSSR count). The third-order valence-electron chi connectivity index (χ3n) is 2.25. The molecule has 1 atom stereocenters. The van der Waals surface area contributed by atoms with Gasteiger partial charge < -0.3 is 5.11 Å². The summed E-state index contributed by atoms with van der Waals surface area (Å²) < 4.78 is 0. The van der Waals surface area contributed by atoms with Crippen molar-refractivity contribution in [2.75, 3.05) is 0 Å². The summed E-state index contributed by atoms with van der Waals surface area (Å²) in [4.78, 5) is 35.6. The van der Waals surface area contributed by atoms with Crippen LogP contribution in [0.3, 0.4) is 0 Å². The predicted molar refractivity (Wildman–Crippen MR) is 60.0 cm³/mol. The topological polar surface area (TPSA) is 83.8 Å². The van der Waals surface area contributed by atoms with Crippen molar-refractivity contribution in [2.24, 2.45) is 10.9 Å². The normalized spacial score (nSPS) is 11.4. The fourth-order valence-corrected chi connectivity index (χ4v) is 1.39. The molecule has 0 saturated heterocycles. The number of Topliss-reactive ketones (excluding diaryl/α,β-unsaturated/α-hetero) is 1. The van der Waals surface area contributed by atoms with Crippen molar-refractivity contribution in [2.45, 2.75) is 13.3 Å². The van der Waals surface area contributed by atoms with E-state index in [-0.39, 0.29) is 12.2 Å². The summed E-state index contributed by atoms with van der Waals surface area (Å²) in [5.74, 6) is -1.82. The summed E-state index contributed by atoms with van der Waals surface area (Å²) in [6.07, 6.45) is 1.19. The maximum absolute atomic E-state index is 11.8. The van der Waals surface area contributed by atoms with E-state index in [0.29, 0.717) is 11.3 Å². The molecule has 0 fully saturated rings. The van der Waals surface area contributed by atoms with Crippen LogP contribution in [-0.2, 0) is 9.59 Å². The molecule has 0 aliphatic carbocycles. The average molecular weight is 233 g/mol. The molecule has 0 aromatic heterocycles. The van der Waals surface area contributed by atoms with Crippen molar-refractivity contribution < 1.29 is 19.5 Å². The molecule has 17 heavy (non-hydrogen) atoms. The van der Waals surface area contributed by atoms with Crippen LogP contribution in [0.15, 0.2) is 29.3 Å². The van der Waals surface area contributed by atoms with Gasteiger partial charge in [0.2, 0.25) is 6.08 Å². The van der Waals surface area contributed by atoms with E-state index in [1.807, 2.05) is 0 Å². The van der Waals surface area contributed by atoms with Crippen LogP contribution in [0.4, 0.5) is 5.69 Å². The first kappa shape index (κ1) is 12.8. The molecule has 0 radical (unpaired) electrons. The zero-order valence-corrected chi connectivity index (χ0v) is 9.21. The molecule has 5 heteroatoms. The van der Waals surface area contributed by atoms with Crippen LogP contribution >= 0.6 is 0 Å². The Hall–Kier alpha value is -2.26. The zero-order valence-electron chi connectivity index (χ0n) is 9.21. The number of aliphatic imine (C=N–C) groups is 1. The summed E-state index contributed by atoms with van der Waals surface area (Å²) in [5.41, 5.74) is 0.811. The van der Waals surface area contributed by atoms with Crippen molar-refractivity contribution >= 4 is 23.5 Å². The number of benzene rings is 1. The summed E-state index contributed by atoms with van der Waals surface area (Å²) in [6.45, 7) is 1.56. The summed E-state index contributed by atoms with van der Waals surface area (Å²) in [7, 11) is 0. The molecule has 1 aromatic carbocycles. The third-order valence-corrected chi connectivity index (χ3v) is 2.25. The van der Waals surface area contributed by atoms with Crippen molar-refractivity contribution in [3.63, 3.8) is 0 Å². The molecule has 5 nitrogen and oxygen atoms in total. The summed E-state index contributed by atoms with van der Waals surface area (Å²) >= 11 is 0. The lowest BCUT2D eigenvalue weighted by Gasteiger charge is -2.07. The number of rotatable bonds is 5. The van der Waals surface area contributed by atoms with Crippen molar-refractivity contribution in [1.29, 1.82) is 0 Å². The molecule has 1 unspecified atom stereocenters. The van der Waals surface area contributed by atoms with Gasteiger partial charge in [0.05, 0.1) is 12.1 Å². The monoisotopic (exact) mass is 233 g/mol. The van der Waals surface area contributed by atoms with Gasteiger partial charge in [-0.05, 0) is 24.3 Å². The SMILES string of the molecule is CC(CC(=O)O)C(=O)c1ccc(N=C=O)cc1. The lowest BCUT2D eigenvalue weighted by Crippen LogP contribution is -2.15. The second kappa shape index (κ2) is 5.72. The Bertz CT molecular complexity index is 472. The Morgan fingerprint density at radius 3 is 2.41 bits per heavy atom. The Morgan fingerprint density at radius 1 is 1.35 bits per heavy atom. The van der Waals surface area contributed by atoms with Crippen molar-refractivity contribution in [3.8, 4) is 0 Å². The lowest BCUT2D eigenvalue weighted by atomic mass is 9.96. The van der Waals surface area contributed by atoms with E-state index in [4.69, 9.17) is 5.11 Å². The second-order valence-electron chi connectivity index (χ2n) is 3.61. The molecular weight excluding hydrogens is 222 g/mol. The first-order chi connectivity index (χ1) is 8.04. The minimum Gasteiger partial charge on any atom is -0.481 e. The Morgan fingerprint density at radius 2 is 1.94 bits per heavy atom. The van der Waals surface area contributed by atoms with Gasteiger partial charge in [-0.2, -0.15) is 4.99 Å². The number of carboxylic acids is 1. The molecule has 0 amide bonds. The standard InChI is InChI=1S/C12H11NO4/c1-8(6-11(15)16)12(17)9-2-4-10(5-3-9)13-7-14/h2-5,8H,6H2,1H3,(H,15,16). The van der Waals surface area contributed by atoms with Crippen molar-refractivity contribution in [1.82, 2.24) is 0 Å². The van der Waals surface area contributed by atoms with Gasteiger partial charge in [0, 0.05) is 11.5 Å². The number of nitrogens with zero attached hydrogens (tertiary/aromatic N) is 1. The predicted octanol–water partition coefficient (Wildman–Crippen LogP) is 1.95. The van der Waals surface area contributed by atoms with E-state index in [0.717, 1.165) is 0 Å². The maximum Gasteiger partial charge on any atom is 0.304 e.